The number of carbonyl (C=O) groups excluding carboxylic acids is 1. The van der Waals surface area contributed by atoms with Gasteiger partial charge in [-0.15, -0.1) is 10.2 Å². The number of anilines is 1. The Morgan fingerprint density at radius 1 is 1.19 bits per heavy atom. The number of benzene rings is 1. The molecule has 0 atom stereocenters. The van der Waals surface area contributed by atoms with E-state index in [4.69, 9.17) is 0 Å². The zero-order valence-electron chi connectivity index (χ0n) is 14.6. The summed E-state index contributed by atoms with van der Waals surface area (Å²) in [7, 11) is -3.39. The van der Waals surface area contributed by atoms with Crippen LogP contribution in [0.1, 0.15) is 36.8 Å². The van der Waals surface area contributed by atoms with Crippen LogP contribution in [0, 0.1) is 0 Å². The van der Waals surface area contributed by atoms with E-state index in [1.807, 2.05) is 6.92 Å². The Kier molecular flexibility index (Phi) is 6.00. The summed E-state index contributed by atoms with van der Waals surface area (Å²) in [5, 5.41) is 12.0. The number of aryl methyl sites for hydroxylation is 2. The van der Waals surface area contributed by atoms with Crippen LogP contribution in [0.25, 0.3) is 0 Å². The van der Waals surface area contributed by atoms with Gasteiger partial charge in [-0.05, 0) is 43.4 Å². The van der Waals surface area contributed by atoms with E-state index >= 15 is 0 Å². The summed E-state index contributed by atoms with van der Waals surface area (Å²) in [5.41, 5.74) is 0.923. The molecule has 0 aliphatic carbocycles. The molecule has 3 rings (SSSR count). The third-order valence-corrected chi connectivity index (χ3v) is 7.18. The fraction of sp³-hybridized carbons (Fsp3) is 0.471. The number of aromatic nitrogens is 2. The van der Waals surface area contributed by atoms with Crippen LogP contribution >= 0.6 is 11.3 Å². The van der Waals surface area contributed by atoms with Crippen LogP contribution in [0.2, 0.25) is 0 Å². The van der Waals surface area contributed by atoms with Crippen molar-refractivity contribution in [1.29, 1.82) is 0 Å². The number of hydrogen-bond acceptors (Lipinski definition) is 6. The van der Waals surface area contributed by atoms with E-state index in [1.165, 1.54) is 15.6 Å². The molecular weight excluding hydrogens is 372 g/mol. The molecule has 1 fully saturated rings. The summed E-state index contributed by atoms with van der Waals surface area (Å²) in [4.78, 5) is 12.3. The molecule has 1 amide bonds. The quantitative estimate of drug-likeness (QED) is 0.779. The Bertz CT molecular complexity index is 856. The maximum Gasteiger partial charge on any atom is 0.243 e. The molecule has 0 unspecified atom stereocenters. The van der Waals surface area contributed by atoms with Gasteiger partial charge in [-0.3, -0.25) is 4.79 Å². The average Bonchev–Trinajstić information content (AvgIpc) is 3.32. The molecule has 140 valence electrons. The van der Waals surface area contributed by atoms with Crippen molar-refractivity contribution in [2.75, 3.05) is 18.4 Å². The smallest absolute Gasteiger partial charge is 0.243 e. The summed E-state index contributed by atoms with van der Waals surface area (Å²) in [6.45, 7) is 3.17. The highest BCUT2D eigenvalue weighted by atomic mass is 32.2. The van der Waals surface area contributed by atoms with Gasteiger partial charge < -0.3 is 5.32 Å². The van der Waals surface area contributed by atoms with E-state index in [2.05, 4.69) is 15.5 Å². The Morgan fingerprint density at radius 2 is 1.88 bits per heavy atom. The lowest BCUT2D eigenvalue weighted by atomic mass is 10.1. The molecule has 0 bridgehead atoms. The summed E-state index contributed by atoms with van der Waals surface area (Å²) < 4.78 is 26.5. The number of nitrogens with one attached hydrogen (secondary N) is 1. The van der Waals surface area contributed by atoms with E-state index in [9.17, 15) is 13.2 Å². The molecule has 1 N–H and O–H groups in total. The Hall–Kier alpha value is -1.84. The molecule has 0 radical (unpaired) electrons. The van der Waals surface area contributed by atoms with Crippen LogP contribution in [0.3, 0.4) is 0 Å². The Morgan fingerprint density at radius 3 is 2.50 bits per heavy atom. The van der Waals surface area contributed by atoms with Crippen molar-refractivity contribution in [1.82, 2.24) is 14.5 Å². The SMILES string of the molecule is CCc1nnc(NC(=O)CCc2ccc(S(=O)(=O)N3CCCC3)cc2)s1. The van der Waals surface area contributed by atoms with Gasteiger partial charge in [0, 0.05) is 19.5 Å². The van der Waals surface area contributed by atoms with Crippen molar-refractivity contribution in [2.45, 2.75) is 43.9 Å². The van der Waals surface area contributed by atoms with Gasteiger partial charge >= 0.3 is 0 Å². The molecule has 1 saturated heterocycles. The van der Waals surface area contributed by atoms with Crippen molar-refractivity contribution in [2.24, 2.45) is 0 Å². The second kappa shape index (κ2) is 8.24. The van der Waals surface area contributed by atoms with Gasteiger partial charge in [-0.2, -0.15) is 4.31 Å². The summed E-state index contributed by atoms with van der Waals surface area (Å²) in [5.74, 6) is -0.127. The van der Waals surface area contributed by atoms with Gasteiger partial charge in [0.05, 0.1) is 4.90 Å². The molecule has 26 heavy (non-hydrogen) atoms. The third kappa shape index (κ3) is 4.46. The molecule has 2 aromatic rings. The number of hydrogen-bond donors (Lipinski definition) is 1. The molecule has 0 saturated carbocycles. The minimum atomic E-state index is -3.39. The summed E-state index contributed by atoms with van der Waals surface area (Å²) in [6, 6.07) is 6.80. The standard InChI is InChI=1S/C17H22N4O3S2/c1-2-16-19-20-17(25-16)18-15(22)10-7-13-5-8-14(9-6-13)26(23,24)21-11-3-4-12-21/h5-6,8-9H,2-4,7,10-12H2,1H3,(H,18,20,22). The predicted molar refractivity (Wildman–Crippen MR) is 101 cm³/mol. The van der Waals surface area contributed by atoms with Gasteiger partial charge in [0.15, 0.2) is 0 Å². The van der Waals surface area contributed by atoms with Crippen LogP contribution < -0.4 is 5.32 Å². The van der Waals surface area contributed by atoms with Gasteiger partial charge in [0.1, 0.15) is 5.01 Å². The van der Waals surface area contributed by atoms with Crippen LogP contribution in [0.4, 0.5) is 5.13 Å². The van der Waals surface area contributed by atoms with E-state index in [0.717, 1.165) is 29.8 Å². The normalized spacial score (nSPS) is 15.3. The van der Waals surface area contributed by atoms with Gasteiger partial charge in [0.2, 0.25) is 21.1 Å². The minimum absolute atomic E-state index is 0.127. The fourth-order valence-electron chi connectivity index (χ4n) is 2.79. The van der Waals surface area contributed by atoms with Crippen molar-refractivity contribution in [3.63, 3.8) is 0 Å². The Labute approximate surface area is 157 Å². The second-order valence-corrected chi connectivity index (χ2v) is 9.16. The topological polar surface area (TPSA) is 92.3 Å². The molecule has 1 aliphatic heterocycles. The molecule has 1 aromatic heterocycles. The van der Waals surface area contributed by atoms with Gasteiger partial charge in [0.25, 0.3) is 0 Å². The highest BCUT2D eigenvalue weighted by Crippen LogP contribution is 2.21. The molecule has 1 aromatic carbocycles. The number of nitrogens with zero attached hydrogens (tertiary/aromatic N) is 3. The lowest BCUT2D eigenvalue weighted by molar-refractivity contribution is -0.116. The molecule has 9 heteroatoms. The lowest BCUT2D eigenvalue weighted by Gasteiger charge is -2.15. The predicted octanol–water partition coefficient (Wildman–Crippen LogP) is 2.46. The maximum atomic E-state index is 12.5. The van der Waals surface area contributed by atoms with Crippen molar-refractivity contribution < 1.29 is 13.2 Å². The first kappa shape index (κ1) is 18.9. The molecule has 0 spiro atoms. The number of amides is 1. The molecule has 1 aliphatic rings. The third-order valence-electron chi connectivity index (χ3n) is 4.28. The zero-order valence-corrected chi connectivity index (χ0v) is 16.3. The first-order chi connectivity index (χ1) is 12.5. The van der Waals surface area contributed by atoms with Crippen molar-refractivity contribution in [3.8, 4) is 0 Å². The lowest BCUT2D eigenvalue weighted by Crippen LogP contribution is -2.27. The number of sulfonamides is 1. The number of rotatable bonds is 7. The van der Waals surface area contributed by atoms with E-state index < -0.39 is 10.0 Å². The van der Waals surface area contributed by atoms with Gasteiger partial charge in [-0.25, -0.2) is 8.42 Å². The van der Waals surface area contributed by atoms with E-state index in [-0.39, 0.29) is 5.91 Å². The largest absolute Gasteiger partial charge is 0.301 e. The monoisotopic (exact) mass is 394 g/mol. The first-order valence-corrected chi connectivity index (χ1v) is 11.0. The summed E-state index contributed by atoms with van der Waals surface area (Å²) >= 11 is 1.37. The van der Waals surface area contributed by atoms with E-state index in [1.54, 1.807) is 24.3 Å². The van der Waals surface area contributed by atoms with Crippen LogP contribution in [-0.2, 0) is 27.7 Å². The zero-order chi connectivity index (χ0) is 18.6. The van der Waals surface area contributed by atoms with E-state index in [0.29, 0.717) is 36.0 Å². The minimum Gasteiger partial charge on any atom is -0.301 e. The van der Waals surface area contributed by atoms with Crippen LogP contribution in [0.5, 0.6) is 0 Å². The maximum absolute atomic E-state index is 12.5. The fourth-order valence-corrected chi connectivity index (χ4v) is 5.01. The molecule has 2 heterocycles. The molecular formula is C17H22N4O3S2. The van der Waals surface area contributed by atoms with Crippen LogP contribution in [-0.4, -0.2) is 41.9 Å². The van der Waals surface area contributed by atoms with Crippen LogP contribution in [0.15, 0.2) is 29.2 Å². The Balaban J connectivity index is 1.54. The van der Waals surface area contributed by atoms with Gasteiger partial charge in [-0.1, -0.05) is 30.4 Å². The van der Waals surface area contributed by atoms with Crippen molar-refractivity contribution in [3.05, 3.63) is 34.8 Å². The summed E-state index contributed by atoms with van der Waals surface area (Å²) in [6.07, 6.45) is 3.47. The molecule has 7 nitrogen and oxygen atoms in total. The highest BCUT2D eigenvalue weighted by Gasteiger charge is 2.26. The first-order valence-electron chi connectivity index (χ1n) is 8.70. The number of carbonyl (C=O) groups is 1. The highest BCUT2D eigenvalue weighted by molar-refractivity contribution is 7.89. The average molecular weight is 395 g/mol. The second-order valence-electron chi connectivity index (χ2n) is 6.16. The van der Waals surface area contributed by atoms with Crippen molar-refractivity contribution >= 4 is 32.4 Å².